The number of aryl methyl sites for hydroxylation is 1. The molecule has 0 fully saturated rings. The van der Waals surface area contributed by atoms with Crippen molar-refractivity contribution in [3.8, 4) is 0 Å². The maximum atomic E-state index is 3.63. The van der Waals surface area contributed by atoms with Crippen LogP contribution in [0.3, 0.4) is 0 Å². The van der Waals surface area contributed by atoms with E-state index >= 15 is 0 Å². The zero-order chi connectivity index (χ0) is 15.6. The Kier molecular flexibility index (Phi) is 3.58. The molecule has 2 atom stereocenters. The number of fused-ring (bicyclic) bond motifs is 2. The van der Waals surface area contributed by atoms with Crippen molar-refractivity contribution in [2.75, 3.05) is 0 Å². The van der Waals surface area contributed by atoms with E-state index in [4.69, 9.17) is 0 Å². The normalized spacial score (nSPS) is 24.0. The smallest absolute Gasteiger partial charge is 0.212 e. The highest BCUT2D eigenvalue weighted by atomic mass is 15.0. The van der Waals surface area contributed by atoms with Gasteiger partial charge in [-0.15, -0.1) is 0 Å². The Hall–Kier alpha value is -2.61. The second kappa shape index (κ2) is 5.88. The molecule has 1 aliphatic heterocycles. The first-order valence-corrected chi connectivity index (χ1v) is 8.28. The average Bonchev–Trinajstić information content (AvgIpc) is 2.61. The van der Waals surface area contributed by atoms with Crippen LogP contribution in [-0.2, 0) is 6.54 Å². The lowest BCUT2D eigenvalue weighted by Crippen LogP contribution is -2.38. The van der Waals surface area contributed by atoms with Crippen LogP contribution in [0.4, 0.5) is 0 Å². The summed E-state index contributed by atoms with van der Waals surface area (Å²) in [4.78, 5) is 0. The topological polar surface area (TPSA) is 15.9 Å². The summed E-state index contributed by atoms with van der Waals surface area (Å²) in [6.45, 7) is 3.15. The summed E-state index contributed by atoms with van der Waals surface area (Å²) in [7, 11) is 0. The third-order valence-corrected chi connectivity index (χ3v) is 4.60. The third-order valence-electron chi connectivity index (χ3n) is 4.60. The molecule has 114 valence electrons. The third kappa shape index (κ3) is 2.61. The molecule has 2 heteroatoms. The fraction of sp³-hybridized carbons (Fsp3) is 0.190. The molecule has 1 aromatic carbocycles. The van der Waals surface area contributed by atoms with Gasteiger partial charge in [0.05, 0.1) is 6.04 Å². The van der Waals surface area contributed by atoms with E-state index in [1.807, 2.05) is 0 Å². The molecule has 0 radical (unpaired) electrons. The van der Waals surface area contributed by atoms with Crippen molar-refractivity contribution >= 4 is 17.0 Å². The van der Waals surface area contributed by atoms with Crippen LogP contribution in [-0.4, -0.2) is 6.04 Å². The van der Waals surface area contributed by atoms with Crippen LogP contribution in [0.2, 0.25) is 0 Å². The first-order valence-electron chi connectivity index (χ1n) is 8.28. The van der Waals surface area contributed by atoms with Crippen LogP contribution in [0, 0.1) is 5.92 Å². The van der Waals surface area contributed by atoms with Crippen LogP contribution >= 0.6 is 0 Å². The first kappa shape index (κ1) is 14.0. The quantitative estimate of drug-likeness (QED) is 0.835. The summed E-state index contributed by atoms with van der Waals surface area (Å²) in [6.07, 6.45) is 15.4. The highest BCUT2D eigenvalue weighted by Crippen LogP contribution is 2.21. The predicted molar refractivity (Wildman–Crippen MR) is 95.6 cm³/mol. The van der Waals surface area contributed by atoms with Crippen LogP contribution in [0.5, 0.6) is 0 Å². The second-order valence-electron chi connectivity index (χ2n) is 6.04. The minimum Gasteiger partial charge on any atom is -0.378 e. The van der Waals surface area contributed by atoms with Gasteiger partial charge in [0.25, 0.3) is 0 Å². The highest BCUT2D eigenvalue weighted by molar-refractivity contribution is 5.76. The predicted octanol–water partition coefficient (Wildman–Crippen LogP) is 3.76. The lowest BCUT2D eigenvalue weighted by molar-refractivity contribution is -0.669. The Morgan fingerprint density at radius 1 is 1.04 bits per heavy atom. The Morgan fingerprint density at radius 3 is 2.83 bits per heavy atom. The van der Waals surface area contributed by atoms with Crippen molar-refractivity contribution in [1.29, 1.82) is 0 Å². The zero-order valence-corrected chi connectivity index (χ0v) is 13.3. The Morgan fingerprint density at radius 2 is 1.91 bits per heavy atom. The number of hydrogen-bond acceptors (Lipinski definition) is 1. The molecule has 2 unspecified atom stereocenters. The number of benzene rings is 1. The van der Waals surface area contributed by atoms with Gasteiger partial charge in [-0.3, -0.25) is 0 Å². The highest BCUT2D eigenvalue weighted by Gasteiger charge is 2.21. The van der Waals surface area contributed by atoms with Crippen molar-refractivity contribution in [2.24, 2.45) is 5.92 Å². The summed E-state index contributed by atoms with van der Waals surface area (Å²) in [5.74, 6) is 0.465. The molecule has 1 aliphatic carbocycles. The molecule has 0 saturated carbocycles. The standard InChI is InChI=1S/C21H20N2/c1-2-23-19(14-12-17-8-4-6-10-21(17)23)15-18-13-11-16-7-3-5-9-20(16)22-18/h3-16,20H,2H2,1H3/p+1. The minimum atomic E-state index is 0.367. The lowest BCUT2D eigenvalue weighted by atomic mass is 9.91. The fourth-order valence-corrected chi connectivity index (χ4v) is 3.41. The number of allylic oxidation sites excluding steroid dienone is 3. The number of pyridine rings is 1. The number of hydrogen-bond donors (Lipinski definition) is 1. The van der Waals surface area contributed by atoms with Crippen molar-refractivity contribution < 1.29 is 4.57 Å². The molecule has 23 heavy (non-hydrogen) atoms. The summed E-state index contributed by atoms with van der Waals surface area (Å²) in [6, 6.07) is 13.3. The lowest BCUT2D eigenvalue weighted by Gasteiger charge is -2.28. The van der Waals surface area contributed by atoms with E-state index in [1.165, 1.54) is 22.3 Å². The summed E-state index contributed by atoms with van der Waals surface area (Å²) < 4.78 is 2.36. The molecule has 0 spiro atoms. The molecule has 0 bridgehead atoms. The van der Waals surface area contributed by atoms with E-state index < -0.39 is 0 Å². The van der Waals surface area contributed by atoms with E-state index in [2.05, 4.69) is 95.7 Å². The number of aromatic nitrogens is 1. The number of para-hydroxylation sites is 1. The summed E-state index contributed by atoms with van der Waals surface area (Å²) in [5, 5.41) is 4.91. The van der Waals surface area contributed by atoms with Crippen molar-refractivity contribution in [2.45, 2.75) is 19.5 Å². The first-order chi connectivity index (χ1) is 11.3. The maximum absolute atomic E-state index is 3.63. The van der Waals surface area contributed by atoms with Crippen LogP contribution < -0.4 is 9.88 Å². The van der Waals surface area contributed by atoms with Crippen LogP contribution in [0.1, 0.15) is 12.6 Å². The largest absolute Gasteiger partial charge is 0.378 e. The molecule has 2 nitrogen and oxygen atoms in total. The maximum Gasteiger partial charge on any atom is 0.212 e. The molecule has 1 aromatic heterocycles. The molecule has 0 amide bonds. The van der Waals surface area contributed by atoms with Gasteiger partial charge in [-0.1, -0.05) is 42.5 Å². The van der Waals surface area contributed by atoms with Crippen LogP contribution in [0.25, 0.3) is 17.0 Å². The van der Waals surface area contributed by atoms with Gasteiger partial charge >= 0.3 is 0 Å². The van der Waals surface area contributed by atoms with E-state index in [9.17, 15) is 0 Å². The van der Waals surface area contributed by atoms with Gasteiger partial charge in [-0.25, -0.2) is 0 Å². The summed E-state index contributed by atoms with van der Waals surface area (Å²) >= 11 is 0. The number of nitrogens with one attached hydrogen (secondary N) is 1. The molecule has 2 aliphatic rings. The fourth-order valence-electron chi connectivity index (χ4n) is 3.41. The van der Waals surface area contributed by atoms with Crippen molar-refractivity contribution in [3.63, 3.8) is 0 Å². The Balaban J connectivity index is 1.75. The van der Waals surface area contributed by atoms with Gasteiger partial charge in [0.15, 0.2) is 0 Å². The number of rotatable bonds is 2. The number of nitrogens with zero attached hydrogens (tertiary/aromatic N) is 1. The van der Waals surface area contributed by atoms with E-state index in [-0.39, 0.29) is 0 Å². The molecule has 0 saturated heterocycles. The van der Waals surface area contributed by atoms with E-state index in [1.54, 1.807) is 0 Å². The Bertz CT molecular complexity index is 855. The molecular weight excluding hydrogens is 280 g/mol. The van der Waals surface area contributed by atoms with Gasteiger partial charge in [0, 0.05) is 35.2 Å². The van der Waals surface area contributed by atoms with Gasteiger partial charge < -0.3 is 5.32 Å². The Labute approximate surface area is 137 Å². The van der Waals surface area contributed by atoms with Crippen molar-refractivity contribution in [3.05, 3.63) is 84.2 Å². The van der Waals surface area contributed by atoms with E-state index in [0.717, 1.165) is 6.54 Å². The van der Waals surface area contributed by atoms with Crippen LogP contribution in [0.15, 0.2) is 78.6 Å². The monoisotopic (exact) mass is 301 g/mol. The minimum absolute atomic E-state index is 0.367. The zero-order valence-electron chi connectivity index (χ0n) is 13.3. The van der Waals surface area contributed by atoms with Gasteiger partial charge in [0.1, 0.15) is 6.54 Å². The molecule has 4 rings (SSSR count). The SMILES string of the molecule is CC[n+]1c(/C=C2\C=CC3C=CC=CC3N2)ccc2ccccc21. The molecule has 2 heterocycles. The molecule has 1 N–H and O–H groups in total. The molecular formula is C21H21N2+. The van der Waals surface area contributed by atoms with E-state index in [0.29, 0.717) is 12.0 Å². The average molecular weight is 301 g/mol. The van der Waals surface area contributed by atoms with Crippen molar-refractivity contribution in [1.82, 2.24) is 5.32 Å². The van der Waals surface area contributed by atoms with Gasteiger partial charge in [-0.05, 0) is 25.1 Å². The second-order valence-corrected chi connectivity index (χ2v) is 6.04. The summed E-state index contributed by atoms with van der Waals surface area (Å²) in [5.41, 5.74) is 3.68. The van der Waals surface area contributed by atoms with Gasteiger partial charge in [0.2, 0.25) is 11.2 Å². The van der Waals surface area contributed by atoms with Gasteiger partial charge in [-0.2, -0.15) is 4.57 Å². The molecule has 2 aromatic rings.